The molecule has 0 unspecified atom stereocenters. The van der Waals surface area contributed by atoms with Crippen molar-refractivity contribution in [3.05, 3.63) is 58.0 Å². The van der Waals surface area contributed by atoms with Crippen molar-refractivity contribution < 1.29 is 0 Å². The number of aromatic nitrogens is 2. The third-order valence-corrected chi connectivity index (χ3v) is 3.98. The molecule has 0 radical (unpaired) electrons. The number of rotatable bonds is 2. The Balaban J connectivity index is 2.11. The topological polar surface area (TPSA) is 25.8 Å². The van der Waals surface area contributed by atoms with Crippen LogP contribution >= 0.6 is 34.5 Å². The van der Waals surface area contributed by atoms with Gasteiger partial charge in [-0.3, -0.25) is 0 Å². The van der Waals surface area contributed by atoms with Crippen molar-refractivity contribution in [1.29, 1.82) is 0 Å². The highest BCUT2D eigenvalue weighted by Gasteiger charge is 2.09. The number of nitrogens with zero attached hydrogens (tertiary/aromatic N) is 2. The SMILES string of the molecule is Clc1cc(-c2ccccc2)nc(-c2ccc(Cl)s2)n1. The predicted molar refractivity (Wildman–Crippen MR) is 80.8 cm³/mol. The van der Waals surface area contributed by atoms with Gasteiger partial charge in [0.1, 0.15) is 5.15 Å². The van der Waals surface area contributed by atoms with E-state index >= 15 is 0 Å². The fourth-order valence-corrected chi connectivity index (χ4v) is 2.88. The number of thiophene rings is 1. The highest BCUT2D eigenvalue weighted by atomic mass is 35.5. The largest absolute Gasteiger partial charge is 0.227 e. The summed E-state index contributed by atoms with van der Waals surface area (Å²) in [5.74, 6) is 0.600. The van der Waals surface area contributed by atoms with E-state index in [0.29, 0.717) is 15.3 Å². The molecule has 3 rings (SSSR count). The number of benzene rings is 1. The average Bonchev–Trinajstić information content (AvgIpc) is 2.86. The second-order valence-corrected chi connectivity index (χ2v) is 5.97. The summed E-state index contributed by atoms with van der Waals surface area (Å²) >= 11 is 13.4. The van der Waals surface area contributed by atoms with E-state index in [9.17, 15) is 0 Å². The van der Waals surface area contributed by atoms with Crippen LogP contribution in [0, 0.1) is 0 Å². The van der Waals surface area contributed by atoms with Gasteiger partial charge < -0.3 is 0 Å². The van der Waals surface area contributed by atoms with Gasteiger partial charge in [0.15, 0.2) is 5.82 Å². The van der Waals surface area contributed by atoms with Crippen LogP contribution in [-0.2, 0) is 0 Å². The second-order valence-electron chi connectivity index (χ2n) is 3.87. The van der Waals surface area contributed by atoms with E-state index in [-0.39, 0.29) is 0 Å². The zero-order chi connectivity index (χ0) is 13.2. The molecule has 2 nitrogen and oxygen atoms in total. The molecular weight excluding hydrogens is 299 g/mol. The number of hydrogen-bond donors (Lipinski definition) is 0. The normalized spacial score (nSPS) is 10.6. The summed E-state index contributed by atoms with van der Waals surface area (Å²) in [5.41, 5.74) is 1.82. The Morgan fingerprint density at radius 1 is 0.895 bits per heavy atom. The van der Waals surface area contributed by atoms with Crippen molar-refractivity contribution in [3.8, 4) is 22.0 Å². The Kier molecular flexibility index (Phi) is 3.51. The van der Waals surface area contributed by atoms with Crippen LogP contribution in [0.1, 0.15) is 0 Å². The summed E-state index contributed by atoms with van der Waals surface area (Å²) in [4.78, 5) is 9.70. The molecule has 2 heterocycles. The summed E-state index contributed by atoms with van der Waals surface area (Å²) < 4.78 is 0.708. The fraction of sp³-hybridized carbons (Fsp3) is 0. The first kappa shape index (κ1) is 12.6. The zero-order valence-corrected chi connectivity index (χ0v) is 12.0. The van der Waals surface area contributed by atoms with Gasteiger partial charge in [-0.25, -0.2) is 9.97 Å². The summed E-state index contributed by atoms with van der Waals surface area (Å²) in [5, 5.41) is 0.424. The van der Waals surface area contributed by atoms with Crippen LogP contribution in [0.15, 0.2) is 48.5 Å². The van der Waals surface area contributed by atoms with Crippen LogP contribution < -0.4 is 0 Å². The molecule has 0 spiro atoms. The van der Waals surface area contributed by atoms with Gasteiger partial charge in [0.25, 0.3) is 0 Å². The zero-order valence-electron chi connectivity index (χ0n) is 9.68. The summed E-state index contributed by atoms with van der Waals surface area (Å²) in [6, 6.07) is 15.4. The third kappa shape index (κ3) is 2.78. The van der Waals surface area contributed by atoms with Crippen LogP contribution in [0.3, 0.4) is 0 Å². The van der Waals surface area contributed by atoms with Crippen molar-refractivity contribution in [2.24, 2.45) is 0 Å². The van der Waals surface area contributed by atoms with Gasteiger partial charge in [-0.2, -0.15) is 0 Å². The van der Waals surface area contributed by atoms with Crippen molar-refractivity contribution in [1.82, 2.24) is 9.97 Å². The third-order valence-electron chi connectivity index (χ3n) is 2.56. The van der Waals surface area contributed by atoms with E-state index in [2.05, 4.69) is 9.97 Å². The predicted octanol–water partition coefficient (Wildman–Crippen LogP) is 5.18. The highest BCUT2D eigenvalue weighted by Crippen LogP contribution is 2.31. The molecule has 1 aromatic carbocycles. The molecule has 0 aliphatic rings. The summed E-state index contributed by atoms with van der Waals surface area (Å²) in [6.45, 7) is 0. The Hall–Kier alpha value is -1.42. The second kappa shape index (κ2) is 5.29. The molecule has 19 heavy (non-hydrogen) atoms. The van der Waals surface area contributed by atoms with Gasteiger partial charge in [-0.15, -0.1) is 11.3 Å². The van der Waals surface area contributed by atoms with E-state index in [4.69, 9.17) is 23.2 Å². The molecule has 0 amide bonds. The maximum absolute atomic E-state index is 6.08. The summed E-state index contributed by atoms with van der Waals surface area (Å²) in [6.07, 6.45) is 0. The standard InChI is InChI=1S/C14H8Cl2N2S/c15-12-8-10(9-4-2-1-3-5-9)17-14(18-12)11-6-7-13(16)19-11/h1-8H. The van der Waals surface area contributed by atoms with Crippen molar-refractivity contribution >= 4 is 34.5 Å². The lowest BCUT2D eigenvalue weighted by Crippen LogP contribution is -1.91. The fourth-order valence-electron chi connectivity index (χ4n) is 1.72. The molecule has 0 aliphatic heterocycles. The first-order valence-electron chi connectivity index (χ1n) is 5.58. The maximum Gasteiger partial charge on any atom is 0.171 e. The first-order valence-corrected chi connectivity index (χ1v) is 7.15. The van der Waals surface area contributed by atoms with Crippen LogP contribution in [0.25, 0.3) is 22.0 Å². The quantitative estimate of drug-likeness (QED) is 0.610. The Labute approximate surface area is 124 Å². The van der Waals surface area contributed by atoms with Crippen LogP contribution in [0.5, 0.6) is 0 Å². The lowest BCUT2D eigenvalue weighted by atomic mass is 10.1. The Morgan fingerprint density at radius 2 is 1.68 bits per heavy atom. The molecule has 0 bridgehead atoms. The van der Waals surface area contributed by atoms with Crippen molar-refractivity contribution in [2.45, 2.75) is 0 Å². The van der Waals surface area contributed by atoms with Crippen molar-refractivity contribution in [2.75, 3.05) is 0 Å². The molecule has 3 aromatic rings. The van der Waals surface area contributed by atoms with Crippen LogP contribution in [-0.4, -0.2) is 9.97 Å². The van der Waals surface area contributed by atoms with E-state index in [1.807, 2.05) is 42.5 Å². The van der Waals surface area contributed by atoms with Gasteiger partial charge in [0.2, 0.25) is 0 Å². The first-order chi connectivity index (χ1) is 9.22. The minimum absolute atomic E-state index is 0.424. The molecule has 0 aliphatic carbocycles. The molecule has 2 aromatic heterocycles. The van der Waals surface area contributed by atoms with E-state index < -0.39 is 0 Å². The molecule has 94 valence electrons. The maximum atomic E-state index is 6.08. The van der Waals surface area contributed by atoms with Gasteiger partial charge in [-0.1, -0.05) is 53.5 Å². The van der Waals surface area contributed by atoms with Gasteiger partial charge in [-0.05, 0) is 12.1 Å². The lowest BCUT2D eigenvalue weighted by molar-refractivity contribution is 1.19. The minimum atomic E-state index is 0.424. The molecule has 0 N–H and O–H groups in total. The van der Waals surface area contributed by atoms with E-state index in [1.165, 1.54) is 11.3 Å². The minimum Gasteiger partial charge on any atom is -0.227 e. The molecule has 0 atom stereocenters. The lowest BCUT2D eigenvalue weighted by Gasteiger charge is -2.03. The highest BCUT2D eigenvalue weighted by molar-refractivity contribution is 7.19. The molecule has 0 fully saturated rings. The molecule has 0 saturated carbocycles. The van der Waals surface area contributed by atoms with E-state index in [0.717, 1.165) is 16.1 Å². The Bertz CT molecular complexity index is 710. The summed E-state index contributed by atoms with van der Waals surface area (Å²) in [7, 11) is 0. The average molecular weight is 307 g/mol. The molecular formula is C14H8Cl2N2S. The van der Waals surface area contributed by atoms with Gasteiger partial charge in [0, 0.05) is 11.6 Å². The number of hydrogen-bond acceptors (Lipinski definition) is 3. The van der Waals surface area contributed by atoms with E-state index in [1.54, 1.807) is 6.07 Å². The smallest absolute Gasteiger partial charge is 0.171 e. The van der Waals surface area contributed by atoms with Gasteiger partial charge >= 0.3 is 0 Å². The molecule has 5 heteroatoms. The van der Waals surface area contributed by atoms with Crippen LogP contribution in [0.4, 0.5) is 0 Å². The Morgan fingerprint density at radius 3 is 2.37 bits per heavy atom. The van der Waals surface area contributed by atoms with Crippen molar-refractivity contribution in [3.63, 3.8) is 0 Å². The number of halogens is 2. The van der Waals surface area contributed by atoms with Crippen LogP contribution in [0.2, 0.25) is 9.49 Å². The monoisotopic (exact) mass is 306 g/mol. The molecule has 0 saturated heterocycles. The van der Waals surface area contributed by atoms with Gasteiger partial charge in [0.05, 0.1) is 14.9 Å².